The van der Waals surface area contributed by atoms with Gasteiger partial charge in [0, 0.05) is 33.9 Å². The fourth-order valence-electron chi connectivity index (χ4n) is 1.83. The Balaban J connectivity index is 2.42. The quantitative estimate of drug-likeness (QED) is 0.517. The molecule has 0 saturated heterocycles. The Labute approximate surface area is 125 Å². The molecule has 0 aliphatic rings. The molecule has 1 N–H and O–H groups in total. The minimum absolute atomic E-state index is 0.00119. The molecule has 21 heavy (non-hydrogen) atoms. The maximum Gasteiger partial charge on any atom is 0.307 e. The topological polar surface area (TPSA) is 93.3 Å². The lowest BCUT2D eigenvalue weighted by Crippen LogP contribution is -2.11. The second-order valence-electron chi connectivity index (χ2n) is 4.77. The van der Waals surface area contributed by atoms with Crippen molar-refractivity contribution in [2.45, 2.75) is 18.7 Å². The SMILES string of the molecule is Cc1cc(SCC(C)C(=O)O)c2cc([N+](=O)[O-])ccc2n1. The van der Waals surface area contributed by atoms with Crippen LogP contribution in [0.15, 0.2) is 29.2 Å². The molecule has 1 atom stereocenters. The van der Waals surface area contributed by atoms with E-state index in [-0.39, 0.29) is 5.69 Å². The van der Waals surface area contributed by atoms with Gasteiger partial charge in [0.1, 0.15) is 0 Å². The number of nitro groups is 1. The van der Waals surface area contributed by atoms with Crippen molar-refractivity contribution >= 4 is 34.3 Å². The van der Waals surface area contributed by atoms with Gasteiger partial charge in [-0.05, 0) is 19.1 Å². The van der Waals surface area contributed by atoms with Gasteiger partial charge in [-0.15, -0.1) is 11.8 Å². The number of rotatable bonds is 5. The Kier molecular flexibility index (Phi) is 4.42. The number of non-ortho nitro benzene ring substituents is 1. The predicted molar refractivity (Wildman–Crippen MR) is 80.7 cm³/mol. The first-order valence-electron chi connectivity index (χ1n) is 6.30. The first-order chi connectivity index (χ1) is 9.88. The molecule has 1 unspecified atom stereocenters. The van der Waals surface area contributed by atoms with Crippen molar-refractivity contribution in [2.24, 2.45) is 5.92 Å². The lowest BCUT2D eigenvalue weighted by Gasteiger charge is -2.09. The molecule has 0 bridgehead atoms. The van der Waals surface area contributed by atoms with Crippen LogP contribution in [0.5, 0.6) is 0 Å². The Morgan fingerprint density at radius 2 is 2.19 bits per heavy atom. The zero-order valence-corrected chi connectivity index (χ0v) is 12.4. The molecule has 2 rings (SSSR count). The number of nitro benzene ring substituents is 1. The third-order valence-electron chi connectivity index (χ3n) is 3.00. The summed E-state index contributed by atoms with van der Waals surface area (Å²) in [4.78, 5) is 26.5. The summed E-state index contributed by atoms with van der Waals surface area (Å²) in [5, 5.41) is 20.5. The number of aromatic nitrogens is 1. The number of pyridine rings is 1. The Hall–Kier alpha value is -2.15. The average Bonchev–Trinajstić information content (AvgIpc) is 2.43. The van der Waals surface area contributed by atoms with Crippen LogP contribution in [-0.2, 0) is 4.79 Å². The van der Waals surface area contributed by atoms with Crippen LogP contribution in [0.3, 0.4) is 0 Å². The lowest BCUT2D eigenvalue weighted by atomic mass is 10.2. The van der Waals surface area contributed by atoms with Crippen LogP contribution in [0.2, 0.25) is 0 Å². The number of nitrogens with zero attached hydrogens (tertiary/aromatic N) is 2. The van der Waals surface area contributed by atoms with Crippen LogP contribution in [0, 0.1) is 23.0 Å². The van der Waals surface area contributed by atoms with Gasteiger partial charge in [0.2, 0.25) is 0 Å². The smallest absolute Gasteiger partial charge is 0.307 e. The number of hydrogen-bond acceptors (Lipinski definition) is 5. The Morgan fingerprint density at radius 1 is 1.48 bits per heavy atom. The average molecular weight is 306 g/mol. The standard InChI is InChI=1S/C14H14N2O4S/c1-8(14(17)18)7-21-13-5-9(2)15-12-4-3-10(16(19)20)6-11(12)13/h3-6,8H,7H2,1-2H3,(H,17,18). The summed E-state index contributed by atoms with van der Waals surface area (Å²) in [5.74, 6) is -0.947. The van der Waals surface area contributed by atoms with E-state index in [0.717, 1.165) is 10.6 Å². The van der Waals surface area contributed by atoms with Crippen molar-refractivity contribution in [2.75, 3.05) is 5.75 Å². The molecule has 0 aliphatic heterocycles. The summed E-state index contributed by atoms with van der Waals surface area (Å²) in [5.41, 5.74) is 1.47. The van der Waals surface area contributed by atoms with E-state index in [9.17, 15) is 14.9 Å². The number of aryl methyl sites for hydroxylation is 1. The summed E-state index contributed by atoms with van der Waals surface area (Å²) in [6.07, 6.45) is 0. The van der Waals surface area contributed by atoms with Gasteiger partial charge in [-0.1, -0.05) is 6.92 Å². The van der Waals surface area contributed by atoms with E-state index >= 15 is 0 Å². The monoisotopic (exact) mass is 306 g/mol. The zero-order valence-electron chi connectivity index (χ0n) is 11.6. The van der Waals surface area contributed by atoms with Gasteiger partial charge in [-0.2, -0.15) is 0 Å². The molecule has 6 nitrogen and oxygen atoms in total. The van der Waals surface area contributed by atoms with Crippen LogP contribution < -0.4 is 0 Å². The molecule has 1 heterocycles. The number of carboxylic acids is 1. The van der Waals surface area contributed by atoms with E-state index in [1.54, 1.807) is 13.0 Å². The van der Waals surface area contributed by atoms with E-state index in [2.05, 4.69) is 4.98 Å². The van der Waals surface area contributed by atoms with Crippen molar-refractivity contribution in [3.05, 3.63) is 40.1 Å². The van der Waals surface area contributed by atoms with Crippen LogP contribution in [0.4, 0.5) is 5.69 Å². The van der Waals surface area contributed by atoms with E-state index in [4.69, 9.17) is 5.11 Å². The molecule has 110 valence electrons. The summed E-state index contributed by atoms with van der Waals surface area (Å²) in [6.45, 7) is 3.47. The van der Waals surface area contributed by atoms with Crippen molar-refractivity contribution in [3.8, 4) is 0 Å². The molecule has 0 amide bonds. The van der Waals surface area contributed by atoms with Crippen LogP contribution in [0.1, 0.15) is 12.6 Å². The molecule has 0 fully saturated rings. The minimum atomic E-state index is -0.858. The zero-order chi connectivity index (χ0) is 15.6. The van der Waals surface area contributed by atoms with Crippen LogP contribution in [0.25, 0.3) is 10.9 Å². The summed E-state index contributed by atoms with van der Waals surface area (Å²) < 4.78 is 0. The normalized spacial score (nSPS) is 12.3. The Morgan fingerprint density at radius 3 is 2.81 bits per heavy atom. The number of carbonyl (C=O) groups is 1. The van der Waals surface area contributed by atoms with Gasteiger partial charge in [0.05, 0.1) is 16.4 Å². The van der Waals surface area contributed by atoms with Gasteiger partial charge in [-0.25, -0.2) is 0 Å². The molecule has 7 heteroatoms. The van der Waals surface area contributed by atoms with Crippen molar-refractivity contribution < 1.29 is 14.8 Å². The largest absolute Gasteiger partial charge is 0.481 e. The Bertz CT molecular complexity index is 717. The second-order valence-corrected chi connectivity index (χ2v) is 5.83. The third-order valence-corrected chi connectivity index (χ3v) is 4.32. The molecule has 1 aromatic carbocycles. The lowest BCUT2D eigenvalue weighted by molar-refractivity contribution is -0.384. The highest BCUT2D eigenvalue weighted by molar-refractivity contribution is 7.99. The first kappa shape index (κ1) is 15.2. The summed E-state index contributed by atoms with van der Waals surface area (Å²) >= 11 is 1.38. The number of aliphatic carboxylic acids is 1. The van der Waals surface area contributed by atoms with Gasteiger partial charge in [0.15, 0.2) is 0 Å². The first-order valence-corrected chi connectivity index (χ1v) is 7.28. The number of carboxylic acid groups (broad SMARTS) is 1. The van der Waals surface area contributed by atoms with Crippen molar-refractivity contribution in [3.63, 3.8) is 0 Å². The number of benzene rings is 1. The van der Waals surface area contributed by atoms with Crippen LogP contribution >= 0.6 is 11.8 Å². The number of thioether (sulfide) groups is 1. The molecule has 0 aliphatic carbocycles. The fourth-order valence-corrected chi connectivity index (χ4v) is 2.97. The maximum absolute atomic E-state index is 10.9. The highest BCUT2D eigenvalue weighted by Gasteiger charge is 2.15. The summed E-state index contributed by atoms with van der Waals surface area (Å²) in [7, 11) is 0. The maximum atomic E-state index is 10.9. The predicted octanol–water partition coefficient (Wildman–Crippen LogP) is 3.26. The molecule has 2 aromatic rings. The van der Waals surface area contributed by atoms with Gasteiger partial charge >= 0.3 is 5.97 Å². The van der Waals surface area contributed by atoms with Crippen molar-refractivity contribution in [1.82, 2.24) is 4.98 Å². The van der Waals surface area contributed by atoms with Gasteiger partial charge in [0.25, 0.3) is 5.69 Å². The molecular weight excluding hydrogens is 292 g/mol. The summed E-state index contributed by atoms with van der Waals surface area (Å²) in [6, 6.07) is 6.34. The highest BCUT2D eigenvalue weighted by Crippen LogP contribution is 2.31. The van der Waals surface area contributed by atoms with E-state index < -0.39 is 16.8 Å². The molecular formula is C14H14N2O4S. The van der Waals surface area contributed by atoms with Crippen molar-refractivity contribution in [1.29, 1.82) is 0 Å². The molecule has 0 radical (unpaired) electrons. The van der Waals surface area contributed by atoms with E-state index in [1.807, 2.05) is 13.0 Å². The highest BCUT2D eigenvalue weighted by atomic mass is 32.2. The van der Waals surface area contributed by atoms with Crippen LogP contribution in [-0.4, -0.2) is 26.7 Å². The van der Waals surface area contributed by atoms with Gasteiger partial charge < -0.3 is 5.11 Å². The molecule has 0 spiro atoms. The second kappa shape index (κ2) is 6.09. The van der Waals surface area contributed by atoms with E-state index in [1.165, 1.54) is 23.9 Å². The molecule has 1 aromatic heterocycles. The number of hydrogen-bond donors (Lipinski definition) is 1. The fraction of sp³-hybridized carbons (Fsp3) is 0.286. The minimum Gasteiger partial charge on any atom is -0.481 e. The van der Waals surface area contributed by atoms with Gasteiger partial charge in [-0.3, -0.25) is 19.9 Å². The van der Waals surface area contributed by atoms with E-state index in [0.29, 0.717) is 16.7 Å². The third kappa shape index (κ3) is 3.49. The molecule has 0 saturated carbocycles. The number of fused-ring (bicyclic) bond motifs is 1.